The summed E-state index contributed by atoms with van der Waals surface area (Å²) >= 11 is 11.9. The average Bonchev–Trinajstić information content (AvgIpc) is 3.19. The Morgan fingerprint density at radius 3 is 2.76 bits per heavy atom. The minimum Gasteiger partial charge on any atom is -0.486 e. The number of carboxylic acid groups (broad SMARTS) is 1. The number of carbonyl (C=O) groups is 1. The van der Waals surface area contributed by atoms with Crippen molar-refractivity contribution in [3.8, 4) is 11.5 Å². The summed E-state index contributed by atoms with van der Waals surface area (Å²) in [5.74, 6) is -0.496. The van der Waals surface area contributed by atoms with Gasteiger partial charge in [-0.05, 0) is 37.1 Å². The fourth-order valence-electron chi connectivity index (χ4n) is 3.93. The quantitative estimate of drug-likeness (QED) is 0.688. The molecule has 154 valence electrons. The standard InChI is InChI=1S/C19H17Cl2NO6S/c20-10-4-7-16(12(21)8-10)29(25,26)22-13-5-6-14-18(13)11-2-1-3-15(19(11)28-14)27-9-17(23)24/h1-4,7-8,13-14,18,22H,5-6,9H2,(H,23,24). The van der Waals surface area contributed by atoms with Crippen LogP contribution in [0.15, 0.2) is 41.3 Å². The minimum absolute atomic E-state index is 0.0373. The van der Waals surface area contributed by atoms with Crippen molar-refractivity contribution in [3.63, 3.8) is 0 Å². The molecule has 0 amide bonds. The first kappa shape index (κ1) is 20.3. The van der Waals surface area contributed by atoms with Gasteiger partial charge < -0.3 is 14.6 Å². The number of aliphatic carboxylic acids is 1. The molecule has 0 bridgehead atoms. The molecule has 3 atom stereocenters. The molecule has 4 rings (SSSR count). The van der Waals surface area contributed by atoms with Gasteiger partial charge >= 0.3 is 5.97 Å². The van der Waals surface area contributed by atoms with E-state index in [-0.39, 0.29) is 21.9 Å². The lowest BCUT2D eigenvalue weighted by Gasteiger charge is -2.20. The molecule has 0 aromatic heterocycles. The van der Waals surface area contributed by atoms with Gasteiger partial charge in [0.05, 0.1) is 5.02 Å². The van der Waals surface area contributed by atoms with Crippen LogP contribution in [0.5, 0.6) is 11.5 Å². The molecule has 2 N–H and O–H groups in total. The van der Waals surface area contributed by atoms with Crippen molar-refractivity contribution >= 4 is 39.2 Å². The maximum atomic E-state index is 12.9. The molecule has 1 aliphatic heterocycles. The second kappa shape index (κ2) is 7.68. The number of halogens is 2. The first-order valence-corrected chi connectivity index (χ1v) is 11.1. The van der Waals surface area contributed by atoms with Crippen LogP contribution >= 0.6 is 23.2 Å². The molecule has 2 aromatic carbocycles. The van der Waals surface area contributed by atoms with E-state index in [1.807, 2.05) is 6.07 Å². The van der Waals surface area contributed by atoms with Crippen molar-refractivity contribution in [1.82, 2.24) is 4.72 Å². The molecule has 2 aliphatic rings. The van der Waals surface area contributed by atoms with Crippen LogP contribution in [-0.2, 0) is 14.8 Å². The highest BCUT2D eigenvalue weighted by Crippen LogP contribution is 2.51. The molecule has 7 nitrogen and oxygen atoms in total. The van der Waals surface area contributed by atoms with Crippen molar-refractivity contribution < 1.29 is 27.8 Å². The van der Waals surface area contributed by atoms with Crippen molar-refractivity contribution in [2.75, 3.05) is 6.61 Å². The normalized spacial score (nSPS) is 22.6. The Morgan fingerprint density at radius 2 is 2.03 bits per heavy atom. The second-order valence-electron chi connectivity index (χ2n) is 6.92. The van der Waals surface area contributed by atoms with Gasteiger partial charge in [-0.15, -0.1) is 0 Å². The van der Waals surface area contributed by atoms with E-state index in [0.717, 1.165) is 5.56 Å². The number of benzene rings is 2. The van der Waals surface area contributed by atoms with Gasteiger partial charge in [-0.25, -0.2) is 17.9 Å². The van der Waals surface area contributed by atoms with Crippen LogP contribution in [0.4, 0.5) is 0 Å². The number of hydrogen-bond donors (Lipinski definition) is 2. The van der Waals surface area contributed by atoms with E-state index in [1.54, 1.807) is 12.1 Å². The molecule has 1 saturated carbocycles. The second-order valence-corrected chi connectivity index (χ2v) is 9.44. The highest BCUT2D eigenvalue weighted by Gasteiger charge is 2.47. The zero-order valence-corrected chi connectivity index (χ0v) is 17.3. The molecule has 0 radical (unpaired) electrons. The van der Waals surface area contributed by atoms with E-state index in [9.17, 15) is 13.2 Å². The van der Waals surface area contributed by atoms with Crippen LogP contribution in [0.25, 0.3) is 0 Å². The monoisotopic (exact) mass is 457 g/mol. The number of sulfonamides is 1. The molecule has 3 unspecified atom stereocenters. The van der Waals surface area contributed by atoms with Crippen LogP contribution in [-0.4, -0.2) is 38.2 Å². The molecule has 0 saturated heterocycles. The summed E-state index contributed by atoms with van der Waals surface area (Å²) in [5.41, 5.74) is 0.797. The smallest absolute Gasteiger partial charge is 0.341 e. The fraction of sp³-hybridized carbons (Fsp3) is 0.316. The first-order chi connectivity index (χ1) is 13.8. The Hall–Kier alpha value is -2.00. The zero-order chi connectivity index (χ0) is 20.8. The van der Waals surface area contributed by atoms with Crippen molar-refractivity contribution in [3.05, 3.63) is 52.0 Å². The predicted octanol–water partition coefficient (Wildman–Crippen LogP) is 3.44. The number of hydrogen-bond acceptors (Lipinski definition) is 5. The van der Waals surface area contributed by atoms with E-state index in [4.69, 9.17) is 37.8 Å². The maximum absolute atomic E-state index is 12.9. The number of carboxylic acids is 1. The Kier molecular flexibility index (Phi) is 5.37. The van der Waals surface area contributed by atoms with Crippen molar-refractivity contribution in [2.24, 2.45) is 0 Å². The molecular weight excluding hydrogens is 441 g/mol. The van der Waals surface area contributed by atoms with E-state index in [1.165, 1.54) is 18.2 Å². The molecular formula is C19H17Cl2NO6S. The van der Waals surface area contributed by atoms with Crippen LogP contribution in [0.1, 0.15) is 24.3 Å². The van der Waals surface area contributed by atoms with Gasteiger partial charge in [0.1, 0.15) is 11.0 Å². The van der Waals surface area contributed by atoms with Gasteiger partial charge in [0, 0.05) is 22.5 Å². The maximum Gasteiger partial charge on any atom is 0.341 e. The SMILES string of the molecule is O=C(O)COc1cccc2c1OC1CCC(NS(=O)(=O)c3ccc(Cl)cc3Cl)C21. The molecule has 1 fully saturated rings. The third-order valence-electron chi connectivity index (χ3n) is 5.08. The van der Waals surface area contributed by atoms with E-state index in [2.05, 4.69) is 4.72 Å². The summed E-state index contributed by atoms with van der Waals surface area (Å²) in [6.07, 6.45) is 1.03. The molecule has 1 aliphatic carbocycles. The lowest BCUT2D eigenvalue weighted by atomic mass is 9.94. The largest absolute Gasteiger partial charge is 0.486 e. The van der Waals surface area contributed by atoms with E-state index >= 15 is 0 Å². The summed E-state index contributed by atoms with van der Waals surface area (Å²) in [4.78, 5) is 10.8. The Bertz CT molecular complexity index is 1070. The molecule has 29 heavy (non-hydrogen) atoms. The zero-order valence-electron chi connectivity index (χ0n) is 15.0. The summed E-state index contributed by atoms with van der Waals surface area (Å²) in [5, 5.41) is 9.24. The van der Waals surface area contributed by atoms with E-state index < -0.39 is 28.6 Å². The first-order valence-electron chi connectivity index (χ1n) is 8.88. The number of fused-ring (bicyclic) bond motifs is 3. The minimum atomic E-state index is -3.87. The topological polar surface area (TPSA) is 102 Å². The highest BCUT2D eigenvalue weighted by molar-refractivity contribution is 7.89. The van der Waals surface area contributed by atoms with Gasteiger partial charge in [0.2, 0.25) is 10.0 Å². The number of para-hydroxylation sites is 1. The lowest BCUT2D eigenvalue weighted by Crippen LogP contribution is -2.37. The third-order valence-corrected chi connectivity index (χ3v) is 7.28. The Balaban J connectivity index is 1.60. The number of ether oxygens (including phenoxy) is 2. The van der Waals surface area contributed by atoms with Gasteiger partial charge in [-0.3, -0.25) is 0 Å². The van der Waals surface area contributed by atoms with Crippen LogP contribution in [0.3, 0.4) is 0 Å². The summed E-state index contributed by atoms with van der Waals surface area (Å²) < 4.78 is 39.8. The predicted molar refractivity (Wildman–Crippen MR) is 107 cm³/mol. The van der Waals surface area contributed by atoms with Crippen LogP contribution in [0.2, 0.25) is 10.0 Å². The van der Waals surface area contributed by atoms with Gasteiger partial charge in [-0.2, -0.15) is 0 Å². The van der Waals surface area contributed by atoms with Crippen LogP contribution < -0.4 is 14.2 Å². The molecule has 0 spiro atoms. The van der Waals surface area contributed by atoms with Crippen LogP contribution in [0, 0.1) is 0 Å². The third kappa shape index (κ3) is 3.90. The Labute approximate surface area is 177 Å². The van der Waals surface area contributed by atoms with Gasteiger partial charge in [0.15, 0.2) is 18.1 Å². The van der Waals surface area contributed by atoms with Crippen molar-refractivity contribution in [2.45, 2.75) is 35.8 Å². The summed E-state index contributed by atoms with van der Waals surface area (Å²) in [6, 6.07) is 9.05. The molecule has 2 aromatic rings. The average molecular weight is 458 g/mol. The number of rotatable bonds is 6. The highest BCUT2D eigenvalue weighted by atomic mass is 35.5. The van der Waals surface area contributed by atoms with Gasteiger partial charge in [0.25, 0.3) is 0 Å². The fourth-order valence-corrected chi connectivity index (χ4v) is 5.99. The van der Waals surface area contributed by atoms with E-state index in [0.29, 0.717) is 29.4 Å². The summed E-state index contributed by atoms with van der Waals surface area (Å²) in [7, 11) is -3.87. The lowest BCUT2D eigenvalue weighted by molar-refractivity contribution is -0.139. The number of nitrogens with one attached hydrogen (secondary N) is 1. The van der Waals surface area contributed by atoms with Gasteiger partial charge in [-0.1, -0.05) is 35.3 Å². The molecule has 10 heteroatoms. The Morgan fingerprint density at radius 1 is 1.24 bits per heavy atom. The molecule has 1 heterocycles. The van der Waals surface area contributed by atoms with Crippen molar-refractivity contribution in [1.29, 1.82) is 0 Å². The summed E-state index contributed by atoms with van der Waals surface area (Å²) in [6.45, 7) is -0.486.